The maximum Gasteiger partial charge on any atom is 0.104 e. The summed E-state index contributed by atoms with van der Waals surface area (Å²) in [7, 11) is 0. The van der Waals surface area contributed by atoms with Crippen LogP contribution in [0.4, 0.5) is 0 Å². The van der Waals surface area contributed by atoms with Gasteiger partial charge in [0.2, 0.25) is 0 Å². The van der Waals surface area contributed by atoms with Crippen molar-refractivity contribution in [3.63, 3.8) is 0 Å². The molecule has 5 heteroatoms. The SMILES string of the molecule is CC(O)C(O)C(C)COC(CO)CO. The van der Waals surface area contributed by atoms with Gasteiger partial charge < -0.3 is 25.2 Å². The summed E-state index contributed by atoms with van der Waals surface area (Å²) in [5.41, 5.74) is 0. The third kappa shape index (κ3) is 4.88. The molecule has 0 aliphatic carbocycles. The second kappa shape index (κ2) is 7.14. The monoisotopic (exact) mass is 208 g/mol. The van der Waals surface area contributed by atoms with Crippen molar-refractivity contribution >= 4 is 0 Å². The van der Waals surface area contributed by atoms with E-state index in [9.17, 15) is 5.11 Å². The van der Waals surface area contributed by atoms with Crippen LogP contribution in [0.3, 0.4) is 0 Å². The van der Waals surface area contributed by atoms with E-state index in [1.807, 2.05) is 0 Å². The summed E-state index contributed by atoms with van der Waals surface area (Å²) in [6.45, 7) is 2.90. The van der Waals surface area contributed by atoms with Crippen molar-refractivity contribution < 1.29 is 25.2 Å². The summed E-state index contributed by atoms with van der Waals surface area (Å²) in [6.07, 6.45) is -2.28. The minimum absolute atomic E-state index is 0.192. The predicted octanol–water partition coefficient (Wildman–Crippen LogP) is -1.27. The quantitative estimate of drug-likeness (QED) is 0.419. The minimum atomic E-state index is -0.854. The molecule has 0 heterocycles. The first-order valence-corrected chi connectivity index (χ1v) is 4.72. The van der Waals surface area contributed by atoms with Crippen molar-refractivity contribution in [1.29, 1.82) is 0 Å². The van der Waals surface area contributed by atoms with Crippen LogP contribution >= 0.6 is 0 Å². The highest BCUT2D eigenvalue weighted by atomic mass is 16.5. The fraction of sp³-hybridized carbons (Fsp3) is 1.00. The lowest BCUT2D eigenvalue weighted by Gasteiger charge is -2.23. The first-order valence-electron chi connectivity index (χ1n) is 4.72. The smallest absolute Gasteiger partial charge is 0.104 e. The molecular weight excluding hydrogens is 188 g/mol. The van der Waals surface area contributed by atoms with Crippen molar-refractivity contribution in [3.8, 4) is 0 Å². The molecule has 0 rings (SSSR count). The zero-order chi connectivity index (χ0) is 11.1. The van der Waals surface area contributed by atoms with Gasteiger partial charge >= 0.3 is 0 Å². The Morgan fingerprint density at radius 1 is 1.07 bits per heavy atom. The summed E-state index contributed by atoms with van der Waals surface area (Å²) in [6, 6.07) is 0. The lowest BCUT2D eigenvalue weighted by molar-refractivity contribution is -0.0701. The van der Waals surface area contributed by atoms with Gasteiger partial charge in [0.15, 0.2) is 0 Å². The molecule has 3 unspecified atom stereocenters. The molecule has 0 aromatic carbocycles. The third-order valence-electron chi connectivity index (χ3n) is 2.08. The molecule has 0 fully saturated rings. The van der Waals surface area contributed by atoms with Gasteiger partial charge in [0.25, 0.3) is 0 Å². The maximum absolute atomic E-state index is 9.40. The van der Waals surface area contributed by atoms with E-state index in [1.165, 1.54) is 6.92 Å². The van der Waals surface area contributed by atoms with E-state index in [4.69, 9.17) is 20.1 Å². The highest BCUT2D eigenvalue weighted by Crippen LogP contribution is 2.08. The molecule has 0 saturated carbocycles. The zero-order valence-corrected chi connectivity index (χ0v) is 8.63. The van der Waals surface area contributed by atoms with Crippen LogP contribution < -0.4 is 0 Å². The van der Waals surface area contributed by atoms with Crippen LogP contribution in [0.5, 0.6) is 0 Å². The van der Waals surface area contributed by atoms with Crippen molar-refractivity contribution in [2.75, 3.05) is 19.8 Å². The molecule has 0 amide bonds. The van der Waals surface area contributed by atoms with Gasteiger partial charge in [-0.25, -0.2) is 0 Å². The molecule has 0 radical (unpaired) electrons. The molecule has 14 heavy (non-hydrogen) atoms. The first kappa shape index (κ1) is 13.8. The van der Waals surface area contributed by atoms with Crippen molar-refractivity contribution in [1.82, 2.24) is 0 Å². The standard InChI is InChI=1S/C9H20O5/c1-6(9(13)7(2)12)5-14-8(3-10)4-11/h6-13H,3-5H2,1-2H3. The Morgan fingerprint density at radius 3 is 1.93 bits per heavy atom. The lowest BCUT2D eigenvalue weighted by atomic mass is 10.0. The van der Waals surface area contributed by atoms with Crippen LogP contribution in [0.25, 0.3) is 0 Å². The molecule has 0 aliphatic heterocycles. The van der Waals surface area contributed by atoms with Crippen LogP contribution in [0.2, 0.25) is 0 Å². The van der Waals surface area contributed by atoms with Gasteiger partial charge in [-0.05, 0) is 6.92 Å². The van der Waals surface area contributed by atoms with Crippen LogP contribution in [0, 0.1) is 5.92 Å². The maximum atomic E-state index is 9.40. The van der Waals surface area contributed by atoms with Gasteiger partial charge in [-0.1, -0.05) is 6.92 Å². The molecule has 0 saturated heterocycles. The lowest BCUT2D eigenvalue weighted by Crippen LogP contribution is -2.34. The van der Waals surface area contributed by atoms with E-state index in [1.54, 1.807) is 6.92 Å². The molecule has 0 spiro atoms. The Bertz CT molecular complexity index is 135. The summed E-state index contributed by atoms with van der Waals surface area (Å²) < 4.78 is 5.10. The predicted molar refractivity (Wildman–Crippen MR) is 50.8 cm³/mol. The molecular formula is C9H20O5. The van der Waals surface area contributed by atoms with Gasteiger partial charge in [-0.3, -0.25) is 0 Å². The van der Waals surface area contributed by atoms with Gasteiger partial charge in [0.1, 0.15) is 6.10 Å². The molecule has 4 N–H and O–H groups in total. The van der Waals surface area contributed by atoms with E-state index in [0.29, 0.717) is 0 Å². The first-order chi connectivity index (χ1) is 6.52. The van der Waals surface area contributed by atoms with Gasteiger partial charge in [0.05, 0.1) is 32.0 Å². The molecule has 0 aliphatic rings. The number of hydrogen-bond donors (Lipinski definition) is 4. The van der Waals surface area contributed by atoms with E-state index >= 15 is 0 Å². The summed E-state index contributed by atoms with van der Waals surface area (Å²) in [5, 5.41) is 35.8. The Labute approximate surface area is 83.9 Å². The molecule has 5 nitrogen and oxygen atoms in total. The summed E-state index contributed by atoms with van der Waals surface area (Å²) in [4.78, 5) is 0. The van der Waals surface area contributed by atoms with Crippen molar-refractivity contribution in [3.05, 3.63) is 0 Å². The summed E-state index contributed by atoms with van der Waals surface area (Å²) >= 11 is 0. The Morgan fingerprint density at radius 2 is 1.57 bits per heavy atom. The number of aliphatic hydroxyl groups is 4. The topological polar surface area (TPSA) is 90.2 Å². The largest absolute Gasteiger partial charge is 0.394 e. The third-order valence-corrected chi connectivity index (χ3v) is 2.08. The molecule has 0 bridgehead atoms. The van der Waals surface area contributed by atoms with Crippen molar-refractivity contribution in [2.45, 2.75) is 32.2 Å². The fourth-order valence-electron chi connectivity index (χ4n) is 1.03. The minimum Gasteiger partial charge on any atom is -0.394 e. The van der Waals surface area contributed by atoms with Crippen LogP contribution in [0.1, 0.15) is 13.8 Å². The van der Waals surface area contributed by atoms with E-state index in [0.717, 1.165) is 0 Å². The zero-order valence-electron chi connectivity index (χ0n) is 8.63. The second-order valence-corrected chi connectivity index (χ2v) is 3.53. The second-order valence-electron chi connectivity index (χ2n) is 3.53. The van der Waals surface area contributed by atoms with E-state index < -0.39 is 18.3 Å². The van der Waals surface area contributed by atoms with Crippen LogP contribution in [-0.4, -0.2) is 58.6 Å². The Kier molecular flexibility index (Phi) is 7.04. The van der Waals surface area contributed by atoms with E-state index in [-0.39, 0.29) is 25.7 Å². The summed E-state index contributed by atoms with van der Waals surface area (Å²) in [5.74, 6) is -0.240. The normalized spacial score (nSPS) is 18.2. The van der Waals surface area contributed by atoms with Gasteiger partial charge in [-0.2, -0.15) is 0 Å². The number of aliphatic hydroxyl groups excluding tert-OH is 4. The Balaban J connectivity index is 3.77. The molecule has 0 aromatic rings. The average molecular weight is 208 g/mol. The number of rotatable bonds is 7. The highest BCUT2D eigenvalue weighted by Gasteiger charge is 2.20. The molecule has 0 aromatic heterocycles. The fourth-order valence-corrected chi connectivity index (χ4v) is 1.03. The number of ether oxygens (including phenoxy) is 1. The van der Waals surface area contributed by atoms with Gasteiger partial charge in [-0.15, -0.1) is 0 Å². The average Bonchev–Trinajstić information content (AvgIpc) is 2.17. The number of hydrogen-bond acceptors (Lipinski definition) is 5. The van der Waals surface area contributed by atoms with Crippen LogP contribution in [0.15, 0.2) is 0 Å². The highest BCUT2D eigenvalue weighted by molar-refractivity contribution is 4.69. The molecule has 86 valence electrons. The van der Waals surface area contributed by atoms with Gasteiger partial charge in [0, 0.05) is 5.92 Å². The van der Waals surface area contributed by atoms with E-state index in [2.05, 4.69) is 0 Å². The van der Waals surface area contributed by atoms with Crippen molar-refractivity contribution in [2.24, 2.45) is 5.92 Å². The van der Waals surface area contributed by atoms with Crippen LogP contribution in [-0.2, 0) is 4.74 Å². The Hall–Kier alpha value is -0.200. The molecule has 3 atom stereocenters.